The molecule has 5 nitrogen and oxygen atoms in total. The molecule has 3 rings (SSSR count). The number of hydrogen-bond acceptors (Lipinski definition) is 4. The summed E-state index contributed by atoms with van der Waals surface area (Å²) in [4.78, 5) is 16.4. The van der Waals surface area contributed by atoms with Gasteiger partial charge in [0.2, 0.25) is 5.91 Å². The van der Waals surface area contributed by atoms with E-state index in [0.29, 0.717) is 25.5 Å². The highest BCUT2D eigenvalue weighted by Crippen LogP contribution is 2.23. The molecule has 0 saturated carbocycles. The standard InChI is InChI=1S/C18H27N3O2/c1-23-11-10-21-14-16(13-18(21)22)12-15-2-4-17(5-3-15)20-8-6-19-7-9-20/h2-5,16,19H,6-14H2,1H3/t16-/m0/s1. The first-order valence-corrected chi connectivity index (χ1v) is 8.57. The average Bonchev–Trinajstić information content (AvgIpc) is 2.94. The molecule has 1 N–H and O–H groups in total. The van der Waals surface area contributed by atoms with Gasteiger partial charge in [-0.05, 0) is 30.0 Å². The Kier molecular flexibility index (Phi) is 5.51. The van der Waals surface area contributed by atoms with E-state index < -0.39 is 0 Å². The number of rotatable bonds is 6. The van der Waals surface area contributed by atoms with Crippen LogP contribution in [-0.2, 0) is 16.0 Å². The molecule has 1 amide bonds. The first kappa shape index (κ1) is 16.3. The van der Waals surface area contributed by atoms with E-state index in [1.54, 1.807) is 7.11 Å². The molecule has 5 heteroatoms. The molecule has 0 aliphatic carbocycles. The zero-order valence-electron chi connectivity index (χ0n) is 14.0. The minimum Gasteiger partial charge on any atom is -0.383 e. The third kappa shape index (κ3) is 4.24. The van der Waals surface area contributed by atoms with E-state index in [2.05, 4.69) is 34.5 Å². The number of nitrogens with one attached hydrogen (secondary N) is 1. The highest BCUT2D eigenvalue weighted by atomic mass is 16.5. The van der Waals surface area contributed by atoms with Crippen molar-refractivity contribution in [2.45, 2.75) is 12.8 Å². The molecule has 0 spiro atoms. The lowest BCUT2D eigenvalue weighted by molar-refractivity contribution is -0.128. The lowest BCUT2D eigenvalue weighted by Crippen LogP contribution is -2.43. The number of carbonyl (C=O) groups excluding carboxylic acids is 1. The van der Waals surface area contributed by atoms with Gasteiger partial charge in [0, 0.05) is 58.5 Å². The van der Waals surface area contributed by atoms with Gasteiger partial charge in [0.1, 0.15) is 0 Å². The SMILES string of the molecule is COCCN1C[C@@H](Cc2ccc(N3CCNCC3)cc2)CC1=O. The van der Waals surface area contributed by atoms with Crippen LogP contribution in [0.25, 0.3) is 0 Å². The van der Waals surface area contributed by atoms with Crippen LogP contribution < -0.4 is 10.2 Å². The molecule has 1 atom stereocenters. The van der Waals surface area contributed by atoms with E-state index in [0.717, 1.165) is 39.1 Å². The van der Waals surface area contributed by atoms with Gasteiger partial charge in [-0.25, -0.2) is 0 Å². The molecular formula is C18H27N3O2. The van der Waals surface area contributed by atoms with Crippen molar-refractivity contribution in [1.29, 1.82) is 0 Å². The number of amides is 1. The van der Waals surface area contributed by atoms with E-state index in [1.165, 1.54) is 11.3 Å². The third-order valence-electron chi connectivity index (χ3n) is 4.80. The number of hydrogen-bond donors (Lipinski definition) is 1. The molecule has 0 radical (unpaired) electrons. The van der Waals surface area contributed by atoms with Gasteiger partial charge < -0.3 is 19.9 Å². The molecule has 1 aromatic rings. The lowest BCUT2D eigenvalue weighted by atomic mass is 9.98. The maximum Gasteiger partial charge on any atom is 0.223 e. The number of likely N-dealkylation sites (tertiary alicyclic amines) is 1. The zero-order chi connectivity index (χ0) is 16.1. The molecule has 2 aliphatic heterocycles. The molecule has 2 saturated heterocycles. The highest BCUT2D eigenvalue weighted by Gasteiger charge is 2.29. The first-order valence-electron chi connectivity index (χ1n) is 8.57. The summed E-state index contributed by atoms with van der Waals surface area (Å²) in [6.07, 6.45) is 1.65. The van der Waals surface area contributed by atoms with E-state index >= 15 is 0 Å². The number of carbonyl (C=O) groups is 1. The smallest absolute Gasteiger partial charge is 0.223 e. The molecular weight excluding hydrogens is 290 g/mol. The number of ether oxygens (including phenoxy) is 1. The zero-order valence-corrected chi connectivity index (χ0v) is 14.0. The van der Waals surface area contributed by atoms with Gasteiger partial charge in [-0.15, -0.1) is 0 Å². The number of anilines is 1. The van der Waals surface area contributed by atoms with Crippen molar-refractivity contribution in [2.75, 3.05) is 57.9 Å². The summed E-state index contributed by atoms with van der Waals surface area (Å²) in [5, 5.41) is 3.38. The quantitative estimate of drug-likeness (QED) is 0.854. The summed E-state index contributed by atoms with van der Waals surface area (Å²) in [6, 6.07) is 8.89. The van der Waals surface area contributed by atoms with Crippen LogP contribution in [0.2, 0.25) is 0 Å². The van der Waals surface area contributed by atoms with Crippen molar-refractivity contribution in [1.82, 2.24) is 10.2 Å². The largest absolute Gasteiger partial charge is 0.383 e. The van der Waals surface area contributed by atoms with Crippen LogP contribution >= 0.6 is 0 Å². The predicted octanol–water partition coefficient (Wildman–Crippen LogP) is 1.13. The first-order chi connectivity index (χ1) is 11.3. The van der Waals surface area contributed by atoms with E-state index in [9.17, 15) is 4.79 Å². The molecule has 1 aromatic carbocycles. The molecule has 2 heterocycles. The fraction of sp³-hybridized carbons (Fsp3) is 0.611. The van der Waals surface area contributed by atoms with Crippen LogP contribution in [0.4, 0.5) is 5.69 Å². The van der Waals surface area contributed by atoms with Gasteiger partial charge in [-0.3, -0.25) is 4.79 Å². The van der Waals surface area contributed by atoms with Crippen molar-refractivity contribution in [3.8, 4) is 0 Å². The fourth-order valence-corrected chi connectivity index (χ4v) is 3.51. The van der Waals surface area contributed by atoms with Crippen LogP contribution in [0.1, 0.15) is 12.0 Å². The summed E-state index contributed by atoms with van der Waals surface area (Å²) in [7, 11) is 1.68. The summed E-state index contributed by atoms with van der Waals surface area (Å²) >= 11 is 0. The van der Waals surface area contributed by atoms with Gasteiger partial charge in [-0.1, -0.05) is 12.1 Å². The summed E-state index contributed by atoms with van der Waals surface area (Å²) in [6.45, 7) is 6.47. The highest BCUT2D eigenvalue weighted by molar-refractivity contribution is 5.78. The van der Waals surface area contributed by atoms with Crippen LogP contribution in [-0.4, -0.2) is 63.8 Å². The Morgan fingerprint density at radius 1 is 1.22 bits per heavy atom. The van der Waals surface area contributed by atoms with Crippen molar-refractivity contribution in [3.63, 3.8) is 0 Å². The van der Waals surface area contributed by atoms with E-state index in [1.807, 2.05) is 4.90 Å². The monoisotopic (exact) mass is 317 g/mol. The molecule has 126 valence electrons. The van der Waals surface area contributed by atoms with Crippen molar-refractivity contribution in [2.24, 2.45) is 5.92 Å². The Morgan fingerprint density at radius 2 is 1.96 bits per heavy atom. The van der Waals surface area contributed by atoms with Crippen LogP contribution in [0.15, 0.2) is 24.3 Å². The molecule has 2 fully saturated rings. The Morgan fingerprint density at radius 3 is 2.65 bits per heavy atom. The van der Waals surface area contributed by atoms with Crippen LogP contribution in [0, 0.1) is 5.92 Å². The van der Waals surface area contributed by atoms with Crippen LogP contribution in [0.3, 0.4) is 0 Å². The predicted molar refractivity (Wildman–Crippen MR) is 91.8 cm³/mol. The van der Waals surface area contributed by atoms with Gasteiger partial charge in [0.05, 0.1) is 6.61 Å². The minimum atomic E-state index is 0.268. The van der Waals surface area contributed by atoms with Gasteiger partial charge in [0.25, 0.3) is 0 Å². The van der Waals surface area contributed by atoms with Gasteiger partial charge >= 0.3 is 0 Å². The molecule has 2 aliphatic rings. The second kappa shape index (κ2) is 7.79. The molecule has 0 unspecified atom stereocenters. The average molecular weight is 317 g/mol. The van der Waals surface area contributed by atoms with Crippen molar-refractivity contribution < 1.29 is 9.53 Å². The number of piperazine rings is 1. The van der Waals surface area contributed by atoms with Crippen molar-refractivity contribution in [3.05, 3.63) is 29.8 Å². The number of benzene rings is 1. The minimum absolute atomic E-state index is 0.268. The third-order valence-corrected chi connectivity index (χ3v) is 4.80. The number of nitrogens with zero attached hydrogens (tertiary/aromatic N) is 2. The van der Waals surface area contributed by atoms with Gasteiger partial charge in [-0.2, -0.15) is 0 Å². The molecule has 0 aromatic heterocycles. The molecule has 23 heavy (non-hydrogen) atoms. The Hall–Kier alpha value is -1.59. The second-order valence-corrected chi connectivity index (χ2v) is 6.51. The molecule has 0 bridgehead atoms. The normalized spacial score (nSPS) is 22.0. The van der Waals surface area contributed by atoms with Crippen LogP contribution in [0.5, 0.6) is 0 Å². The maximum absolute atomic E-state index is 12.0. The Bertz CT molecular complexity index is 512. The fourth-order valence-electron chi connectivity index (χ4n) is 3.51. The van der Waals surface area contributed by atoms with Gasteiger partial charge in [0.15, 0.2) is 0 Å². The maximum atomic E-state index is 12.0. The topological polar surface area (TPSA) is 44.8 Å². The summed E-state index contributed by atoms with van der Waals surface area (Å²) < 4.78 is 5.07. The Labute approximate surface area is 138 Å². The number of methoxy groups -OCH3 is 1. The van der Waals surface area contributed by atoms with E-state index in [-0.39, 0.29) is 5.91 Å². The lowest BCUT2D eigenvalue weighted by Gasteiger charge is -2.29. The summed E-state index contributed by atoms with van der Waals surface area (Å²) in [5.41, 5.74) is 2.63. The van der Waals surface area contributed by atoms with Crippen molar-refractivity contribution >= 4 is 11.6 Å². The second-order valence-electron chi connectivity index (χ2n) is 6.51. The Balaban J connectivity index is 1.53. The van der Waals surface area contributed by atoms with E-state index in [4.69, 9.17) is 4.74 Å². The summed E-state index contributed by atoms with van der Waals surface area (Å²) in [5.74, 6) is 0.703.